The molecule has 0 spiro atoms. The number of hydrogen-bond donors (Lipinski definition) is 1. The van der Waals surface area contributed by atoms with Crippen molar-refractivity contribution in [3.63, 3.8) is 0 Å². The average molecular weight is 291 g/mol. The predicted octanol–water partition coefficient (Wildman–Crippen LogP) is 1.46. The largest absolute Gasteiger partial charge is 0.305 e. The summed E-state index contributed by atoms with van der Waals surface area (Å²) in [6.07, 6.45) is 3.19. The van der Waals surface area contributed by atoms with Gasteiger partial charge in [0.05, 0.1) is 6.54 Å². The molecule has 0 unspecified atom stereocenters. The molecule has 0 atom stereocenters. The zero-order valence-electron chi connectivity index (χ0n) is 13.5. The van der Waals surface area contributed by atoms with Crippen LogP contribution in [0.3, 0.4) is 0 Å². The SMILES string of the molecule is CC(C)Cn1ncnc1Cn1ncnc1CNC(C)(C)C. The molecule has 0 aliphatic heterocycles. The van der Waals surface area contributed by atoms with Gasteiger partial charge in [0.2, 0.25) is 0 Å². The van der Waals surface area contributed by atoms with Crippen LogP contribution in [0.4, 0.5) is 0 Å². The molecule has 0 radical (unpaired) electrons. The van der Waals surface area contributed by atoms with Gasteiger partial charge in [0.25, 0.3) is 0 Å². The van der Waals surface area contributed by atoms with Crippen LogP contribution in [0, 0.1) is 5.92 Å². The Morgan fingerprint density at radius 2 is 1.67 bits per heavy atom. The fraction of sp³-hybridized carbons (Fsp3) is 0.714. The molecular weight excluding hydrogens is 266 g/mol. The van der Waals surface area contributed by atoms with Crippen LogP contribution in [0.2, 0.25) is 0 Å². The first kappa shape index (κ1) is 15.6. The van der Waals surface area contributed by atoms with Gasteiger partial charge in [-0.15, -0.1) is 0 Å². The highest BCUT2D eigenvalue weighted by Crippen LogP contribution is 2.06. The molecule has 0 aromatic carbocycles. The van der Waals surface area contributed by atoms with Gasteiger partial charge in [-0.05, 0) is 26.7 Å². The van der Waals surface area contributed by atoms with E-state index in [2.05, 4.69) is 60.1 Å². The minimum Gasteiger partial charge on any atom is -0.305 e. The summed E-state index contributed by atoms with van der Waals surface area (Å²) < 4.78 is 3.81. The summed E-state index contributed by atoms with van der Waals surface area (Å²) in [4.78, 5) is 8.66. The van der Waals surface area contributed by atoms with Gasteiger partial charge in [0.1, 0.15) is 30.8 Å². The fourth-order valence-corrected chi connectivity index (χ4v) is 1.94. The van der Waals surface area contributed by atoms with E-state index in [4.69, 9.17) is 0 Å². The van der Waals surface area contributed by atoms with Crippen molar-refractivity contribution in [2.75, 3.05) is 0 Å². The first-order chi connectivity index (χ1) is 9.85. The van der Waals surface area contributed by atoms with Gasteiger partial charge < -0.3 is 5.32 Å². The maximum Gasteiger partial charge on any atom is 0.148 e. The van der Waals surface area contributed by atoms with E-state index in [1.165, 1.54) is 0 Å². The van der Waals surface area contributed by atoms with Gasteiger partial charge in [0, 0.05) is 12.1 Å². The number of hydrogen-bond acceptors (Lipinski definition) is 5. The van der Waals surface area contributed by atoms with Crippen LogP contribution in [-0.2, 0) is 19.6 Å². The highest BCUT2D eigenvalue weighted by Gasteiger charge is 2.14. The zero-order valence-corrected chi connectivity index (χ0v) is 13.5. The van der Waals surface area contributed by atoms with Crippen molar-refractivity contribution in [1.29, 1.82) is 0 Å². The van der Waals surface area contributed by atoms with E-state index in [1.807, 2.05) is 9.36 Å². The monoisotopic (exact) mass is 291 g/mol. The minimum atomic E-state index is 0.0500. The lowest BCUT2D eigenvalue weighted by Crippen LogP contribution is -2.36. The third kappa shape index (κ3) is 4.63. The molecular formula is C14H25N7. The molecule has 0 fully saturated rings. The van der Waals surface area contributed by atoms with Crippen molar-refractivity contribution in [1.82, 2.24) is 34.8 Å². The molecule has 0 saturated carbocycles. The molecule has 0 saturated heterocycles. The second-order valence-corrected chi connectivity index (χ2v) is 6.69. The Hall–Kier alpha value is -1.76. The smallest absolute Gasteiger partial charge is 0.148 e. The highest BCUT2D eigenvalue weighted by atomic mass is 15.4. The average Bonchev–Trinajstić information content (AvgIpc) is 2.96. The molecule has 2 aromatic rings. The Labute approximate surface area is 125 Å². The number of nitrogens with one attached hydrogen (secondary N) is 1. The number of rotatable bonds is 6. The molecule has 7 nitrogen and oxygen atoms in total. The van der Waals surface area contributed by atoms with E-state index in [0.29, 0.717) is 19.0 Å². The van der Waals surface area contributed by atoms with Crippen LogP contribution in [0.1, 0.15) is 46.3 Å². The van der Waals surface area contributed by atoms with E-state index in [0.717, 1.165) is 18.2 Å². The minimum absolute atomic E-state index is 0.0500. The maximum absolute atomic E-state index is 4.34. The second-order valence-electron chi connectivity index (χ2n) is 6.69. The molecule has 2 aromatic heterocycles. The standard InChI is InChI=1S/C14H25N7/c1-11(2)7-20-13(16-10-18-20)8-21-12(15-9-19-21)6-17-14(3,4)5/h9-11,17H,6-8H2,1-5H3. The Balaban J connectivity index is 2.07. The van der Waals surface area contributed by atoms with Gasteiger partial charge in [-0.2, -0.15) is 10.2 Å². The molecule has 1 N–H and O–H groups in total. The summed E-state index contributed by atoms with van der Waals surface area (Å²) in [7, 11) is 0. The Morgan fingerprint density at radius 1 is 1.05 bits per heavy atom. The lowest BCUT2D eigenvalue weighted by Gasteiger charge is -2.20. The van der Waals surface area contributed by atoms with Crippen LogP contribution < -0.4 is 5.32 Å². The Kier molecular flexibility index (Phi) is 4.72. The molecule has 7 heteroatoms. The van der Waals surface area contributed by atoms with Gasteiger partial charge in [-0.1, -0.05) is 13.8 Å². The van der Waals surface area contributed by atoms with Gasteiger partial charge in [-0.25, -0.2) is 19.3 Å². The lowest BCUT2D eigenvalue weighted by molar-refractivity contribution is 0.406. The number of aromatic nitrogens is 6. The molecule has 0 aliphatic carbocycles. The summed E-state index contributed by atoms with van der Waals surface area (Å²) in [6.45, 7) is 12.9. The molecule has 0 amide bonds. The van der Waals surface area contributed by atoms with Gasteiger partial charge in [-0.3, -0.25) is 0 Å². The second kappa shape index (κ2) is 6.34. The first-order valence-electron chi connectivity index (χ1n) is 7.33. The predicted molar refractivity (Wildman–Crippen MR) is 80.6 cm³/mol. The van der Waals surface area contributed by atoms with Crippen molar-refractivity contribution < 1.29 is 0 Å². The fourth-order valence-electron chi connectivity index (χ4n) is 1.94. The van der Waals surface area contributed by atoms with Gasteiger partial charge >= 0.3 is 0 Å². The zero-order chi connectivity index (χ0) is 15.5. The van der Waals surface area contributed by atoms with Crippen molar-refractivity contribution in [3.8, 4) is 0 Å². The van der Waals surface area contributed by atoms with E-state index >= 15 is 0 Å². The van der Waals surface area contributed by atoms with Crippen LogP contribution in [-0.4, -0.2) is 35.1 Å². The number of nitrogens with zero attached hydrogens (tertiary/aromatic N) is 6. The van der Waals surface area contributed by atoms with E-state index < -0.39 is 0 Å². The summed E-state index contributed by atoms with van der Waals surface area (Å²) in [5, 5.41) is 12.0. The lowest BCUT2D eigenvalue weighted by atomic mass is 10.1. The van der Waals surface area contributed by atoms with Crippen LogP contribution in [0.15, 0.2) is 12.7 Å². The first-order valence-corrected chi connectivity index (χ1v) is 7.33. The van der Waals surface area contributed by atoms with E-state index in [9.17, 15) is 0 Å². The van der Waals surface area contributed by atoms with E-state index in [1.54, 1.807) is 12.7 Å². The molecule has 2 rings (SSSR count). The Bertz CT molecular complexity index is 562. The maximum atomic E-state index is 4.34. The van der Waals surface area contributed by atoms with Crippen molar-refractivity contribution >= 4 is 0 Å². The Morgan fingerprint density at radius 3 is 2.29 bits per heavy atom. The summed E-state index contributed by atoms with van der Waals surface area (Å²) in [6, 6.07) is 0. The quantitative estimate of drug-likeness (QED) is 0.872. The normalized spacial score (nSPS) is 12.3. The van der Waals surface area contributed by atoms with E-state index in [-0.39, 0.29) is 5.54 Å². The van der Waals surface area contributed by atoms with Crippen LogP contribution in [0.5, 0.6) is 0 Å². The molecule has 0 aliphatic rings. The van der Waals surface area contributed by atoms with Crippen molar-refractivity contribution in [2.24, 2.45) is 5.92 Å². The molecule has 2 heterocycles. The third-order valence-electron chi connectivity index (χ3n) is 3.00. The topological polar surface area (TPSA) is 73.5 Å². The van der Waals surface area contributed by atoms with Gasteiger partial charge in [0.15, 0.2) is 0 Å². The third-order valence-corrected chi connectivity index (χ3v) is 3.00. The molecule has 21 heavy (non-hydrogen) atoms. The highest BCUT2D eigenvalue weighted by molar-refractivity contribution is 4.92. The van der Waals surface area contributed by atoms with Crippen molar-refractivity contribution in [3.05, 3.63) is 24.3 Å². The van der Waals surface area contributed by atoms with Crippen LogP contribution in [0.25, 0.3) is 0 Å². The van der Waals surface area contributed by atoms with Crippen molar-refractivity contribution in [2.45, 2.75) is 59.8 Å². The summed E-state index contributed by atoms with van der Waals surface area (Å²) in [5.41, 5.74) is 0.0500. The molecule has 0 bridgehead atoms. The summed E-state index contributed by atoms with van der Waals surface area (Å²) in [5.74, 6) is 2.35. The molecule has 116 valence electrons. The van der Waals surface area contributed by atoms with Crippen LogP contribution >= 0.6 is 0 Å². The summed E-state index contributed by atoms with van der Waals surface area (Å²) >= 11 is 0.